The fraction of sp³-hybridized carbons (Fsp3) is 0.455. The van der Waals surface area contributed by atoms with Crippen molar-refractivity contribution in [3.05, 3.63) is 35.6 Å². The molecule has 0 saturated heterocycles. The number of halogens is 7. The van der Waals surface area contributed by atoms with Gasteiger partial charge in [0.15, 0.2) is 5.92 Å². The summed E-state index contributed by atoms with van der Waals surface area (Å²) in [7, 11) is 0. The first-order chi connectivity index (χ1) is 8.53. The van der Waals surface area contributed by atoms with Gasteiger partial charge in [-0.05, 0) is 11.6 Å². The van der Waals surface area contributed by atoms with Crippen LogP contribution >= 0.6 is 0 Å². The van der Waals surface area contributed by atoms with Crippen molar-refractivity contribution in [1.82, 2.24) is 0 Å². The van der Waals surface area contributed by atoms with E-state index in [1.807, 2.05) is 0 Å². The minimum Gasteiger partial charge on any atom is -0.392 e. The van der Waals surface area contributed by atoms with E-state index in [9.17, 15) is 30.7 Å². The van der Waals surface area contributed by atoms with Crippen molar-refractivity contribution in [3.63, 3.8) is 0 Å². The predicted molar refractivity (Wildman–Crippen MR) is 51.7 cm³/mol. The highest BCUT2D eigenvalue weighted by Crippen LogP contribution is 2.42. The molecule has 1 nitrogen and oxygen atoms in total. The lowest BCUT2D eigenvalue weighted by atomic mass is 9.94. The van der Waals surface area contributed by atoms with Gasteiger partial charge in [0, 0.05) is 6.42 Å². The average Bonchev–Trinajstić information content (AvgIpc) is 2.16. The lowest BCUT2D eigenvalue weighted by Gasteiger charge is -2.27. The smallest absolute Gasteiger partial charge is 0.392 e. The van der Waals surface area contributed by atoms with Gasteiger partial charge in [-0.25, -0.2) is 4.39 Å². The molecule has 1 N–H and O–H groups in total. The van der Waals surface area contributed by atoms with E-state index in [4.69, 9.17) is 5.11 Å². The Morgan fingerprint density at radius 3 is 1.84 bits per heavy atom. The van der Waals surface area contributed by atoms with Gasteiger partial charge < -0.3 is 5.11 Å². The molecule has 1 atom stereocenters. The van der Waals surface area contributed by atoms with Crippen LogP contribution in [0.25, 0.3) is 0 Å². The molecule has 0 spiro atoms. The van der Waals surface area contributed by atoms with Gasteiger partial charge in [0.05, 0.1) is 6.10 Å². The Labute approximate surface area is 103 Å². The minimum atomic E-state index is -5.65. The van der Waals surface area contributed by atoms with Gasteiger partial charge in [0.25, 0.3) is 0 Å². The second kappa shape index (κ2) is 5.36. The molecule has 0 saturated carbocycles. The van der Waals surface area contributed by atoms with Gasteiger partial charge in [-0.3, -0.25) is 0 Å². The summed E-state index contributed by atoms with van der Waals surface area (Å²) in [6.07, 6.45) is -15.2. The Bertz CT molecular complexity index is 410. The summed E-state index contributed by atoms with van der Waals surface area (Å²) < 4.78 is 86.9. The fourth-order valence-corrected chi connectivity index (χ4v) is 1.63. The summed E-state index contributed by atoms with van der Waals surface area (Å²) in [6, 6.07) is 4.39. The first-order valence-corrected chi connectivity index (χ1v) is 5.08. The Balaban J connectivity index is 2.97. The lowest BCUT2D eigenvalue weighted by molar-refractivity contribution is -0.305. The highest BCUT2D eigenvalue weighted by molar-refractivity contribution is 5.18. The van der Waals surface area contributed by atoms with Crippen LogP contribution in [0, 0.1) is 11.7 Å². The highest BCUT2D eigenvalue weighted by atomic mass is 19.4. The van der Waals surface area contributed by atoms with E-state index in [-0.39, 0.29) is 0 Å². The molecule has 1 aromatic carbocycles. The molecule has 108 valence electrons. The molecule has 0 bridgehead atoms. The van der Waals surface area contributed by atoms with Crippen molar-refractivity contribution in [2.75, 3.05) is 0 Å². The third-order valence-electron chi connectivity index (χ3n) is 2.48. The topological polar surface area (TPSA) is 20.2 Å². The van der Waals surface area contributed by atoms with E-state index in [1.54, 1.807) is 0 Å². The third-order valence-corrected chi connectivity index (χ3v) is 2.48. The van der Waals surface area contributed by atoms with Crippen LogP contribution in [0.4, 0.5) is 30.7 Å². The zero-order valence-corrected chi connectivity index (χ0v) is 9.26. The molecular formula is C11H9F7O. The van der Waals surface area contributed by atoms with E-state index in [0.717, 1.165) is 12.1 Å². The normalized spacial score (nSPS) is 14.8. The lowest BCUT2D eigenvalue weighted by Crippen LogP contribution is -2.45. The summed E-state index contributed by atoms with van der Waals surface area (Å²) in [6.45, 7) is 0. The molecule has 1 unspecified atom stereocenters. The molecule has 0 aliphatic heterocycles. The van der Waals surface area contributed by atoms with Gasteiger partial charge in [-0.2, -0.15) is 26.3 Å². The maximum Gasteiger partial charge on any atom is 0.403 e. The van der Waals surface area contributed by atoms with Crippen molar-refractivity contribution in [1.29, 1.82) is 0 Å². The van der Waals surface area contributed by atoms with E-state index in [1.165, 1.54) is 12.1 Å². The van der Waals surface area contributed by atoms with Crippen LogP contribution in [0.5, 0.6) is 0 Å². The largest absolute Gasteiger partial charge is 0.403 e. The summed E-state index contributed by atoms with van der Waals surface area (Å²) in [4.78, 5) is 0. The molecule has 0 aliphatic carbocycles. The van der Waals surface area contributed by atoms with Crippen molar-refractivity contribution in [2.45, 2.75) is 24.9 Å². The quantitative estimate of drug-likeness (QED) is 0.845. The van der Waals surface area contributed by atoms with Crippen LogP contribution in [0.3, 0.4) is 0 Å². The SMILES string of the molecule is OC(Cc1ccccc1F)C(C(F)(F)F)C(F)(F)F. The molecule has 0 radical (unpaired) electrons. The Morgan fingerprint density at radius 2 is 1.42 bits per heavy atom. The second-order valence-electron chi connectivity index (χ2n) is 3.92. The number of hydrogen-bond donors (Lipinski definition) is 1. The molecule has 1 aromatic rings. The van der Waals surface area contributed by atoms with Gasteiger partial charge in [-0.1, -0.05) is 18.2 Å². The van der Waals surface area contributed by atoms with Crippen molar-refractivity contribution in [3.8, 4) is 0 Å². The van der Waals surface area contributed by atoms with Crippen LogP contribution in [-0.2, 0) is 6.42 Å². The molecule has 0 aliphatic rings. The first-order valence-electron chi connectivity index (χ1n) is 5.08. The van der Waals surface area contributed by atoms with Crippen LogP contribution < -0.4 is 0 Å². The first kappa shape index (κ1) is 15.7. The molecule has 0 aromatic heterocycles. The van der Waals surface area contributed by atoms with Gasteiger partial charge in [-0.15, -0.1) is 0 Å². The molecule has 19 heavy (non-hydrogen) atoms. The molecule has 1 rings (SSSR count). The van der Waals surface area contributed by atoms with Crippen molar-refractivity contribution >= 4 is 0 Å². The van der Waals surface area contributed by atoms with Gasteiger partial charge in [0.2, 0.25) is 0 Å². The summed E-state index contributed by atoms with van der Waals surface area (Å²) >= 11 is 0. The molecule has 0 amide bonds. The Kier molecular flexibility index (Phi) is 4.44. The van der Waals surface area contributed by atoms with Crippen LogP contribution in [-0.4, -0.2) is 23.6 Å². The zero-order valence-electron chi connectivity index (χ0n) is 9.26. The second-order valence-corrected chi connectivity index (χ2v) is 3.92. The summed E-state index contributed by atoms with van der Waals surface area (Å²) in [5, 5.41) is 9.15. The van der Waals surface area contributed by atoms with Crippen LogP contribution in [0.15, 0.2) is 24.3 Å². The van der Waals surface area contributed by atoms with Gasteiger partial charge in [0.1, 0.15) is 5.82 Å². The standard InChI is InChI=1S/C11H9F7O/c12-7-4-2-1-3-6(7)5-8(19)9(10(13,14)15)11(16,17)18/h1-4,8-9,19H,5H2. The molecule has 0 heterocycles. The van der Waals surface area contributed by atoms with Crippen LogP contribution in [0.2, 0.25) is 0 Å². The summed E-state index contributed by atoms with van der Waals surface area (Å²) in [5.41, 5.74) is -0.409. The molecule has 8 heteroatoms. The maximum atomic E-state index is 13.1. The average molecular weight is 290 g/mol. The molecule has 0 fully saturated rings. The number of aliphatic hydroxyl groups is 1. The van der Waals surface area contributed by atoms with Crippen molar-refractivity contribution in [2.24, 2.45) is 5.92 Å². The fourth-order valence-electron chi connectivity index (χ4n) is 1.63. The van der Waals surface area contributed by atoms with E-state index in [0.29, 0.717) is 0 Å². The third kappa shape index (κ3) is 4.09. The van der Waals surface area contributed by atoms with E-state index >= 15 is 0 Å². The Morgan fingerprint density at radius 1 is 0.947 bits per heavy atom. The van der Waals surface area contributed by atoms with E-state index in [2.05, 4.69) is 0 Å². The Hall–Kier alpha value is -1.31. The number of hydrogen-bond acceptors (Lipinski definition) is 1. The minimum absolute atomic E-state index is 0.409. The number of rotatable bonds is 3. The summed E-state index contributed by atoms with van der Waals surface area (Å²) in [5.74, 6) is -4.87. The van der Waals surface area contributed by atoms with Gasteiger partial charge >= 0.3 is 12.4 Å². The number of benzene rings is 1. The monoisotopic (exact) mass is 290 g/mol. The highest BCUT2D eigenvalue weighted by Gasteiger charge is 2.60. The van der Waals surface area contributed by atoms with E-state index < -0.39 is 42.2 Å². The zero-order chi connectivity index (χ0) is 14.8. The van der Waals surface area contributed by atoms with Crippen molar-refractivity contribution < 1.29 is 35.8 Å². The number of aliphatic hydroxyl groups excluding tert-OH is 1. The van der Waals surface area contributed by atoms with Crippen LogP contribution in [0.1, 0.15) is 5.56 Å². The predicted octanol–water partition coefficient (Wildman–Crippen LogP) is 3.47. The molecular weight excluding hydrogens is 281 g/mol. The maximum absolute atomic E-state index is 13.1. The number of alkyl halides is 6.